The van der Waals surface area contributed by atoms with Crippen molar-refractivity contribution in [3.8, 4) is 0 Å². The minimum absolute atomic E-state index is 0.570. The Hall–Kier alpha value is -0.130. The molecule has 1 aromatic carbocycles. The van der Waals surface area contributed by atoms with Crippen LogP contribution in [0.4, 0.5) is 0 Å². The molecule has 0 aromatic heterocycles. The third kappa shape index (κ3) is 6.71. The first-order chi connectivity index (χ1) is 8.76. The number of hydrogen-bond donors (Lipinski definition) is 1. The lowest BCUT2D eigenvalue weighted by Crippen LogP contribution is -2.32. The summed E-state index contributed by atoms with van der Waals surface area (Å²) >= 11 is 2.35. The molecule has 102 valence electrons. The summed E-state index contributed by atoms with van der Waals surface area (Å²) in [6.07, 6.45) is 4.61. The Morgan fingerprint density at radius 1 is 1.28 bits per heavy atom. The van der Waals surface area contributed by atoms with Crippen LogP contribution in [-0.2, 0) is 11.2 Å². The van der Waals surface area contributed by atoms with Crippen LogP contribution in [0.5, 0.6) is 0 Å². The van der Waals surface area contributed by atoms with Crippen LogP contribution in [0.2, 0.25) is 0 Å². The highest BCUT2D eigenvalue weighted by atomic mass is 127. The molecule has 0 aliphatic rings. The molecule has 1 aromatic rings. The standard InChI is InChI=1S/C15H24INO/c1-3-10-17-15(5-4-11-18-2)12-13-6-8-14(16)9-7-13/h6-9,15,17H,3-5,10-12H2,1-2H3. The fraction of sp³-hybridized carbons (Fsp3) is 0.600. The molecule has 0 heterocycles. The minimum atomic E-state index is 0.570. The largest absolute Gasteiger partial charge is 0.385 e. The Labute approximate surface area is 125 Å². The summed E-state index contributed by atoms with van der Waals surface area (Å²) in [5.74, 6) is 0. The van der Waals surface area contributed by atoms with Gasteiger partial charge < -0.3 is 10.1 Å². The Balaban J connectivity index is 2.45. The van der Waals surface area contributed by atoms with E-state index in [1.807, 2.05) is 0 Å². The second-order valence-corrected chi connectivity index (χ2v) is 5.86. The second-order valence-electron chi connectivity index (χ2n) is 4.62. The molecule has 1 atom stereocenters. The van der Waals surface area contributed by atoms with Crippen molar-refractivity contribution in [2.45, 2.75) is 38.6 Å². The van der Waals surface area contributed by atoms with Gasteiger partial charge in [0.15, 0.2) is 0 Å². The molecular weight excluding hydrogens is 337 g/mol. The van der Waals surface area contributed by atoms with Crippen molar-refractivity contribution in [2.75, 3.05) is 20.3 Å². The highest BCUT2D eigenvalue weighted by Gasteiger charge is 2.08. The Morgan fingerprint density at radius 2 is 2.00 bits per heavy atom. The van der Waals surface area contributed by atoms with Gasteiger partial charge in [-0.15, -0.1) is 0 Å². The van der Waals surface area contributed by atoms with Crippen molar-refractivity contribution >= 4 is 22.6 Å². The van der Waals surface area contributed by atoms with Gasteiger partial charge in [0, 0.05) is 23.3 Å². The number of hydrogen-bond acceptors (Lipinski definition) is 2. The SMILES string of the molecule is CCCNC(CCCOC)Cc1ccc(I)cc1. The predicted molar refractivity (Wildman–Crippen MR) is 86.1 cm³/mol. The number of halogens is 1. The average molecular weight is 361 g/mol. The Morgan fingerprint density at radius 3 is 2.61 bits per heavy atom. The van der Waals surface area contributed by atoms with Crippen LogP contribution < -0.4 is 5.32 Å². The van der Waals surface area contributed by atoms with Crippen molar-refractivity contribution in [2.24, 2.45) is 0 Å². The number of methoxy groups -OCH3 is 1. The van der Waals surface area contributed by atoms with Gasteiger partial charge in [0.2, 0.25) is 0 Å². The van der Waals surface area contributed by atoms with Crippen molar-refractivity contribution in [1.29, 1.82) is 0 Å². The molecule has 0 aliphatic carbocycles. The van der Waals surface area contributed by atoms with Gasteiger partial charge in [0.25, 0.3) is 0 Å². The van der Waals surface area contributed by atoms with Gasteiger partial charge in [-0.2, -0.15) is 0 Å². The molecule has 2 nitrogen and oxygen atoms in total. The molecule has 0 saturated heterocycles. The minimum Gasteiger partial charge on any atom is -0.385 e. The summed E-state index contributed by atoms with van der Waals surface area (Å²) in [6, 6.07) is 9.40. The quantitative estimate of drug-likeness (QED) is 0.536. The van der Waals surface area contributed by atoms with Crippen LogP contribution in [0.15, 0.2) is 24.3 Å². The van der Waals surface area contributed by atoms with Gasteiger partial charge in [0.05, 0.1) is 0 Å². The van der Waals surface area contributed by atoms with Crippen LogP contribution in [0.3, 0.4) is 0 Å². The van der Waals surface area contributed by atoms with E-state index in [9.17, 15) is 0 Å². The summed E-state index contributed by atoms with van der Waals surface area (Å²) in [6.45, 7) is 4.17. The van der Waals surface area contributed by atoms with Crippen LogP contribution in [0, 0.1) is 3.57 Å². The van der Waals surface area contributed by atoms with Crippen LogP contribution in [0.1, 0.15) is 31.7 Å². The number of rotatable bonds is 9. The maximum Gasteiger partial charge on any atom is 0.0462 e. The first kappa shape index (κ1) is 15.9. The molecule has 0 fully saturated rings. The first-order valence-corrected chi connectivity index (χ1v) is 7.81. The van der Waals surface area contributed by atoms with Crippen molar-refractivity contribution in [3.05, 3.63) is 33.4 Å². The van der Waals surface area contributed by atoms with E-state index >= 15 is 0 Å². The van der Waals surface area contributed by atoms with Gasteiger partial charge in [-0.05, 0) is 72.5 Å². The monoisotopic (exact) mass is 361 g/mol. The Kier molecular flexibility index (Phi) is 8.63. The summed E-state index contributed by atoms with van der Waals surface area (Å²) in [5, 5.41) is 3.63. The van der Waals surface area contributed by atoms with Crippen molar-refractivity contribution in [3.63, 3.8) is 0 Å². The molecule has 0 radical (unpaired) electrons. The van der Waals surface area contributed by atoms with Crippen LogP contribution in [0.25, 0.3) is 0 Å². The zero-order valence-corrected chi connectivity index (χ0v) is 13.6. The maximum absolute atomic E-state index is 5.13. The van der Waals surface area contributed by atoms with Gasteiger partial charge in [-0.25, -0.2) is 0 Å². The molecule has 18 heavy (non-hydrogen) atoms. The topological polar surface area (TPSA) is 21.3 Å². The number of ether oxygens (including phenoxy) is 1. The van der Waals surface area contributed by atoms with E-state index in [-0.39, 0.29) is 0 Å². The summed E-state index contributed by atoms with van der Waals surface area (Å²) in [5.41, 5.74) is 1.42. The van der Waals surface area contributed by atoms with Crippen LogP contribution in [-0.4, -0.2) is 26.3 Å². The van der Waals surface area contributed by atoms with Gasteiger partial charge in [-0.1, -0.05) is 19.1 Å². The molecule has 0 saturated carbocycles. The zero-order valence-electron chi connectivity index (χ0n) is 11.4. The van der Waals surface area contributed by atoms with E-state index < -0.39 is 0 Å². The zero-order chi connectivity index (χ0) is 13.2. The first-order valence-electron chi connectivity index (χ1n) is 6.73. The lowest BCUT2D eigenvalue weighted by Gasteiger charge is -2.18. The third-order valence-electron chi connectivity index (χ3n) is 2.98. The average Bonchev–Trinajstić information content (AvgIpc) is 2.38. The van der Waals surface area contributed by atoms with Gasteiger partial charge in [-0.3, -0.25) is 0 Å². The van der Waals surface area contributed by atoms with Crippen molar-refractivity contribution in [1.82, 2.24) is 5.32 Å². The van der Waals surface area contributed by atoms with E-state index in [2.05, 4.69) is 59.1 Å². The van der Waals surface area contributed by atoms with E-state index in [4.69, 9.17) is 4.74 Å². The molecule has 0 aliphatic heterocycles. The normalized spacial score (nSPS) is 12.6. The molecule has 0 spiro atoms. The third-order valence-corrected chi connectivity index (χ3v) is 3.70. The maximum atomic E-state index is 5.13. The summed E-state index contributed by atoms with van der Waals surface area (Å²) < 4.78 is 6.43. The molecule has 0 bridgehead atoms. The molecule has 3 heteroatoms. The highest BCUT2D eigenvalue weighted by molar-refractivity contribution is 14.1. The van der Waals surface area contributed by atoms with E-state index in [1.165, 1.54) is 22.0 Å². The lowest BCUT2D eigenvalue weighted by molar-refractivity contribution is 0.188. The van der Waals surface area contributed by atoms with Crippen molar-refractivity contribution < 1.29 is 4.74 Å². The summed E-state index contributed by atoms with van der Waals surface area (Å²) in [7, 11) is 1.77. The highest BCUT2D eigenvalue weighted by Crippen LogP contribution is 2.11. The van der Waals surface area contributed by atoms with Gasteiger partial charge >= 0.3 is 0 Å². The van der Waals surface area contributed by atoms with E-state index in [1.54, 1.807) is 7.11 Å². The van der Waals surface area contributed by atoms with Gasteiger partial charge in [0.1, 0.15) is 0 Å². The summed E-state index contributed by atoms with van der Waals surface area (Å²) in [4.78, 5) is 0. The fourth-order valence-electron chi connectivity index (χ4n) is 2.00. The molecule has 1 N–H and O–H groups in total. The molecular formula is C15H24INO. The predicted octanol–water partition coefficient (Wildman–Crippen LogP) is 3.63. The molecule has 0 amide bonds. The number of benzene rings is 1. The van der Waals surface area contributed by atoms with E-state index in [0.29, 0.717) is 6.04 Å². The molecule has 1 rings (SSSR count). The smallest absolute Gasteiger partial charge is 0.0462 e. The lowest BCUT2D eigenvalue weighted by atomic mass is 10.0. The van der Waals surface area contributed by atoms with E-state index in [0.717, 1.165) is 26.0 Å². The number of nitrogens with one attached hydrogen (secondary N) is 1. The fourth-order valence-corrected chi connectivity index (χ4v) is 2.36. The Bertz CT molecular complexity index is 313. The van der Waals surface area contributed by atoms with Crippen LogP contribution >= 0.6 is 22.6 Å². The second kappa shape index (κ2) is 9.75. The molecule has 1 unspecified atom stereocenters.